The molecule has 0 saturated carbocycles. The zero-order valence-corrected chi connectivity index (χ0v) is 11.1. The molecule has 16 heavy (non-hydrogen) atoms. The molecule has 2 aromatic heterocycles. The van der Waals surface area contributed by atoms with Crippen LogP contribution in [0.3, 0.4) is 0 Å². The van der Waals surface area contributed by atoms with Crippen molar-refractivity contribution in [2.45, 2.75) is 0 Å². The van der Waals surface area contributed by atoms with Crippen molar-refractivity contribution in [1.29, 1.82) is 0 Å². The third-order valence-electron chi connectivity index (χ3n) is 1.68. The molecular formula is C9H6Br2N4O. The van der Waals surface area contributed by atoms with Crippen LogP contribution in [0, 0.1) is 0 Å². The van der Waals surface area contributed by atoms with E-state index in [1.807, 2.05) is 0 Å². The summed E-state index contributed by atoms with van der Waals surface area (Å²) in [5, 5.41) is 0. The first kappa shape index (κ1) is 11.3. The Balaban J connectivity index is 2.31. The van der Waals surface area contributed by atoms with Gasteiger partial charge in [0.25, 0.3) is 0 Å². The summed E-state index contributed by atoms with van der Waals surface area (Å²) in [5.41, 5.74) is 5.60. The SMILES string of the molecule is Nc1ncnc(Oc2cncc(Br)c2)c1Br. The van der Waals surface area contributed by atoms with Gasteiger partial charge in [0.1, 0.15) is 22.4 Å². The van der Waals surface area contributed by atoms with E-state index in [9.17, 15) is 0 Å². The third-order valence-corrected chi connectivity index (χ3v) is 2.86. The predicted octanol–water partition coefficient (Wildman–Crippen LogP) is 2.77. The van der Waals surface area contributed by atoms with Gasteiger partial charge in [-0.05, 0) is 37.9 Å². The highest BCUT2D eigenvalue weighted by molar-refractivity contribution is 9.11. The number of nitrogen functional groups attached to an aromatic ring is 1. The number of nitrogens with zero attached hydrogens (tertiary/aromatic N) is 3. The molecule has 2 rings (SSSR count). The van der Waals surface area contributed by atoms with Crippen molar-refractivity contribution in [3.05, 3.63) is 33.7 Å². The molecule has 5 nitrogen and oxygen atoms in total. The zero-order chi connectivity index (χ0) is 11.5. The molecule has 2 heterocycles. The molecular weight excluding hydrogens is 340 g/mol. The molecule has 0 bridgehead atoms. The van der Waals surface area contributed by atoms with Crippen LogP contribution in [0.5, 0.6) is 11.6 Å². The van der Waals surface area contributed by atoms with E-state index in [-0.39, 0.29) is 0 Å². The summed E-state index contributed by atoms with van der Waals surface area (Å²) in [6, 6.07) is 1.78. The molecule has 0 radical (unpaired) electrons. The van der Waals surface area contributed by atoms with Crippen molar-refractivity contribution < 1.29 is 4.74 Å². The van der Waals surface area contributed by atoms with Crippen LogP contribution in [0.1, 0.15) is 0 Å². The zero-order valence-electron chi connectivity index (χ0n) is 7.89. The van der Waals surface area contributed by atoms with Crippen molar-refractivity contribution >= 4 is 37.7 Å². The molecule has 0 saturated heterocycles. The number of pyridine rings is 1. The van der Waals surface area contributed by atoms with Gasteiger partial charge in [0, 0.05) is 10.7 Å². The fourth-order valence-electron chi connectivity index (χ4n) is 0.997. The van der Waals surface area contributed by atoms with Crippen molar-refractivity contribution in [3.8, 4) is 11.6 Å². The highest BCUT2D eigenvalue weighted by atomic mass is 79.9. The summed E-state index contributed by atoms with van der Waals surface area (Å²) < 4.78 is 6.85. The fraction of sp³-hybridized carbons (Fsp3) is 0. The van der Waals surface area contributed by atoms with Gasteiger partial charge >= 0.3 is 0 Å². The number of hydrogen-bond acceptors (Lipinski definition) is 5. The molecule has 0 fully saturated rings. The highest BCUT2D eigenvalue weighted by Crippen LogP contribution is 2.30. The van der Waals surface area contributed by atoms with E-state index in [2.05, 4.69) is 46.8 Å². The Morgan fingerprint density at radius 3 is 2.75 bits per heavy atom. The van der Waals surface area contributed by atoms with E-state index in [0.29, 0.717) is 21.9 Å². The lowest BCUT2D eigenvalue weighted by atomic mass is 10.4. The molecule has 7 heteroatoms. The molecule has 82 valence electrons. The molecule has 0 aliphatic rings. The van der Waals surface area contributed by atoms with Gasteiger partial charge in [0.15, 0.2) is 0 Å². The number of halogens is 2. The smallest absolute Gasteiger partial charge is 0.238 e. The summed E-state index contributed by atoms with van der Waals surface area (Å²) in [4.78, 5) is 11.7. The van der Waals surface area contributed by atoms with Crippen molar-refractivity contribution in [2.75, 3.05) is 5.73 Å². The molecule has 0 aromatic carbocycles. The molecule has 0 aliphatic heterocycles. The molecule has 0 amide bonds. The first-order valence-corrected chi connectivity index (χ1v) is 5.80. The first-order valence-electron chi connectivity index (χ1n) is 4.21. The van der Waals surface area contributed by atoms with E-state index in [1.165, 1.54) is 6.33 Å². The molecule has 0 aliphatic carbocycles. The Bertz CT molecular complexity index is 521. The van der Waals surface area contributed by atoms with E-state index in [1.54, 1.807) is 18.5 Å². The second-order valence-electron chi connectivity index (χ2n) is 2.82. The molecule has 0 unspecified atom stereocenters. The number of ether oxygens (including phenoxy) is 1. The van der Waals surface area contributed by atoms with Gasteiger partial charge in [-0.1, -0.05) is 0 Å². The molecule has 0 atom stereocenters. The third kappa shape index (κ3) is 2.48. The van der Waals surface area contributed by atoms with Crippen LogP contribution in [-0.4, -0.2) is 15.0 Å². The second-order valence-corrected chi connectivity index (χ2v) is 4.53. The Morgan fingerprint density at radius 1 is 1.19 bits per heavy atom. The largest absolute Gasteiger partial charge is 0.436 e. The predicted molar refractivity (Wildman–Crippen MR) is 66.2 cm³/mol. The summed E-state index contributed by atoms with van der Waals surface area (Å²) in [7, 11) is 0. The minimum atomic E-state index is 0.327. The average molecular weight is 346 g/mol. The van der Waals surface area contributed by atoms with Gasteiger partial charge in [0.2, 0.25) is 5.88 Å². The van der Waals surface area contributed by atoms with Gasteiger partial charge < -0.3 is 10.5 Å². The maximum Gasteiger partial charge on any atom is 0.238 e. The number of anilines is 1. The number of aromatic nitrogens is 3. The van der Waals surface area contributed by atoms with Crippen LogP contribution >= 0.6 is 31.9 Å². The van der Waals surface area contributed by atoms with Gasteiger partial charge in [-0.25, -0.2) is 9.97 Å². The van der Waals surface area contributed by atoms with Crippen LogP contribution < -0.4 is 10.5 Å². The molecule has 0 spiro atoms. The molecule has 2 aromatic rings. The summed E-state index contributed by atoms with van der Waals surface area (Å²) in [6.45, 7) is 0. The van der Waals surface area contributed by atoms with E-state index in [4.69, 9.17) is 10.5 Å². The molecule has 2 N–H and O–H groups in total. The normalized spacial score (nSPS) is 10.1. The monoisotopic (exact) mass is 344 g/mol. The Labute approximate surface area is 108 Å². The Morgan fingerprint density at radius 2 is 2.00 bits per heavy atom. The van der Waals surface area contributed by atoms with Gasteiger partial charge in [-0.3, -0.25) is 4.98 Å². The standard InChI is InChI=1S/C9H6Br2N4O/c10-5-1-6(3-13-2-5)16-9-7(11)8(12)14-4-15-9/h1-4H,(H2,12,14,15). The van der Waals surface area contributed by atoms with Gasteiger partial charge in [-0.15, -0.1) is 0 Å². The first-order chi connectivity index (χ1) is 7.66. The number of nitrogens with two attached hydrogens (primary N) is 1. The van der Waals surface area contributed by atoms with E-state index in [0.717, 1.165) is 4.47 Å². The minimum absolute atomic E-state index is 0.327. The average Bonchev–Trinajstić information content (AvgIpc) is 2.25. The Hall–Kier alpha value is -1.21. The van der Waals surface area contributed by atoms with Crippen LogP contribution in [0.2, 0.25) is 0 Å². The topological polar surface area (TPSA) is 73.9 Å². The van der Waals surface area contributed by atoms with Crippen LogP contribution in [0.25, 0.3) is 0 Å². The highest BCUT2D eigenvalue weighted by Gasteiger charge is 2.08. The lowest BCUT2D eigenvalue weighted by Gasteiger charge is -2.06. The van der Waals surface area contributed by atoms with E-state index >= 15 is 0 Å². The Kier molecular flexibility index (Phi) is 3.35. The maximum absolute atomic E-state index is 5.60. The van der Waals surface area contributed by atoms with Crippen molar-refractivity contribution in [3.63, 3.8) is 0 Å². The lowest BCUT2D eigenvalue weighted by molar-refractivity contribution is 0.456. The van der Waals surface area contributed by atoms with Crippen LogP contribution in [0.4, 0.5) is 5.82 Å². The van der Waals surface area contributed by atoms with Crippen LogP contribution in [-0.2, 0) is 0 Å². The quantitative estimate of drug-likeness (QED) is 0.905. The fourth-order valence-corrected chi connectivity index (χ4v) is 1.63. The second kappa shape index (κ2) is 4.75. The summed E-state index contributed by atoms with van der Waals surface area (Å²) in [6.07, 6.45) is 4.58. The minimum Gasteiger partial charge on any atom is -0.436 e. The number of rotatable bonds is 2. The van der Waals surface area contributed by atoms with Crippen LogP contribution in [0.15, 0.2) is 33.7 Å². The van der Waals surface area contributed by atoms with Crippen molar-refractivity contribution in [1.82, 2.24) is 15.0 Å². The summed E-state index contributed by atoms with van der Waals surface area (Å²) in [5.74, 6) is 1.24. The van der Waals surface area contributed by atoms with Gasteiger partial charge in [0.05, 0.1) is 6.20 Å². The summed E-state index contributed by atoms with van der Waals surface area (Å²) >= 11 is 6.55. The number of hydrogen-bond donors (Lipinski definition) is 1. The maximum atomic E-state index is 5.60. The van der Waals surface area contributed by atoms with Crippen molar-refractivity contribution in [2.24, 2.45) is 0 Å². The van der Waals surface area contributed by atoms with Gasteiger partial charge in [-0.2, -0.15) is 0 Å². The van der Waals surface area contributed by atoms with E-state index < -0.39 is 0 Å². The lowest BCUT2D eigenvalue weighted by Crippen LogP contribution is -1.96.